The molecular formula is C13H13N2O3-. The third-order valence-electron chi connectivity index (χ3n) is 3.00. The lowest BCUT2D eigenvalue weighted by atomic mass is 9.82. The molecule has 1 N–H and O–H groups in total. The molecule has 18 heavy (non-hydrogen) atoms. The fraction of sp³-hybridized carbons (Fsp3) is 0.308. The molecule has 1 heterocycles. The van der Waals surface area contributed by atoms with Crippen molar-refractivity contribution in [1.82, 2.24) is 4.98 Å². The van der Waals surface area contributed by atoms with E-state index in [-0.39, 0.29) is 5.91 Å². The second-order valence-corrected chi connectivity index (χ2v) is 4.21. The van der Waals surface area contributed by atoms with E-state index in [2.05, 4.69) is 10.3 Å². The van der Waals surface area contributed by atoms with Crippen LogP contribution < -0.4 is 10.4 Å². The molecule has 0 saturated carbocycles. The van der Waals surface area contributed by atoms with E-state index in [0.29, 0.717) is 18.5 Å². The fourth-order valence-corrected chi connectivity index (χ4v) is 2.04. The van der Waals surface area contributed by atoms with Crippen molar-refractivity contribution in [1.29, 1.82) is 0 Å². The van der Waals surface area contributed by atoms with Gasteiger partial charge in [0.2, 0.25) is 5.91 Å². The number of carboxylic acid groups (broad SMARTS) is 1. The summed E-state index contributed by atoms with van der Waals surface area (Å²) in [5, 5.41) is 13.7. The zero-order valence-electron chi connectivity index (χ0n) is 9.70. The molecule has 94 valence electrons. The summed E-state index contributed by atoms with van der Waals surface area (Å²) in [6.07, 6.45) is 7.48. The van der Waals surface area contributed by atoms with Gasteiger partial charge in [0.25, 0.3) is 0 Å². The molecule has 1 aliphatic rings. The monoisotopic (exact) mass is 245 g/mol. The lowest BCUT2D eigenvalue weighted by molar-refractivity contribution is -0.313. The molecule has 0 bridgehead atoms. The molecule has 2 unspecified atom stereocenters. The van der Waals surface area contributed by atoms with Gasteiger partial charge in [0.05, 0.1) is 17.8 Å². The molecule has 2 rings (SSSR count). The average molecular weight is 245 g/mol. The quantitative estimate of drug-likeness (QED) is 0.779. The van der Waals surface area contributed by atoms with Crippen molar-refractivity contribution in [2.45, 2.75) is 12.8 Å². The van der Waals surface area contributed by atoms with Crippen molar-refractivity contribution < 1.29 is 14.7 Å². The number of hydrogen-bond donors (Lipinski definition) is 1. The first-order valence-electron chi connectivity index (χ1n) is 5.75. The van der Waals surface area contributed by atoms with Gasteiger partial charge in [-0.3, -0.25) is 9.78 Å². The van der Waals surface area contributed by atoms with Crippen molar-refractivity contribution in [2.24, 2.45) is 11.8 Å². The largest absolute Gasteiger partial charge is 0.550 e. The third kappa shape index (κ3) is 2.74. The van der Waals surface area contributed by atoms with Crippen LogP contribution in [-0.2, 0) is 9.59 Å². The Balaban J connectivity index is 2.08. The van der Waals surface area contributed by atoms with Crippen LogP contribution >= 0.6 is 0 Å². The fourth-order valence-electron chi connectivity index (χ4n) is 2.04. The van der Waals surface area contributed by atoms with Crippen LogP contribution in [-0.4, -0.2) is 16.9 Å². The van der Waals surface area contributed by atoms with Crippen molar-refractivity contribution in [3.8, 4) is 0 Å². The number of rotatable bonds is 3. The molecule has 1 aromatic heterocycles. The SMILES string of the molecule is O=C([O-])C1CC=CCC1C(=O)Nc1cccnc1. The number of nitrogens with zero attached hydrogens (tertiary/aromatic N) is 1. The van der Waals surface area contributed by atoms with Gasteiger partial charge in [-0.1, -0.05) is 12.2 Å². The standard InChI is InChI=1S/C13H14N2O3/c16-12(15-9-4-3-7-14-8-9)10-5-1-2-6-11(10)13(17)18/h1-4,7-8,10-11H,5-6H2,(H,15,16)(H,17,18)/p-1. The van der Waals surface area contributed by atoms with Gasteiger partial charge in [0, 0.05) is 18.1 Å². The summed E-state index contributed by atoms with van der Waals surface area (Å²) in [6, 6.07) is 3.41. The first-order chi connectivity index (χ1) is 8.68. The number of carboxylic acids is 1. The van der Waals surface area contributed by atoms with E-state index in [4.69, 9.17) is 0 Å². The number of pyridine rings is 1. The van der Waals surface area contributed by atoms with Crippen molar-refractivity contribution in [3.63, 3.8) is 0 Å². The predicted molar refractivity (Wildman–Crippen MR) is 63.2 cm³/mol. The van der Waals surface area contributed by atoms with Crippen LogP contribution in [0.2, 0.25) is 0 Å². The van der Waals surface area contributed by atoms with E-state index < -0.39 is 17.8 Å². The number of amides is 1. The van der Waals surface area contributed by atoms with E-state index in [1.807, 2.05) is 6.08 Å². The summed E-state index contributed by atoms with van der Waals surface area (Å²) in [5.41, 5.74) is 0.564. The van der Waals surface area contributed by atoms with Gasteiger partial charge in [-0.2, -0.15) is 0 Å². The molecule has 5 nitrogen and oxygen atoms in total. The summed E-state index contributed by atoms with van der Waals surface area (Å²) >= 11 is 0. The number of aromatic nitrogens is 1. The van der Waals surface area contributed by atoms with E-state index >= 15 is 0 Å². The lowest BCUT2D eigenvalue weighted by Crippen LogP contribution is -2.41. The van der Waals surface area contributed by atoms with Gasteiger partial charge in [-0.15, -0.1) is 0 Å². The van der Waals surface area contributed by atoms with E-state index in [1.54, 1.807) is 24.4 Å². The second kappa shape index (κ2) is 5.44. The predicted octanol–water partition coefficient (Wildman–Crippen LogP) is 0.352. The van der Waals surface area contributed by atoms with Crippen LogP contribution in [0, 0.1) is 11.8 Å². The molecule has 1 amide bonds. The number of carbonyl (C=O) groups is 2. The minimum Gasteiger partial charge on any atom is -0.550 e. The maximum absolute atomic E-state index is 12.0. The van der Waals surface area contributed by atoms with Gasteiger partial charge < -0.3 is 15.2 Å². The lowest BCUT2D eigenvalue weighted by Gasteiger charge is -2.28. The molecule has 0 aliphatic heterocycles. The summed E-state index contributed by atoms with van der Waals surface area (Å²) in [5.74, 6) is -2.82. The van der Waals surface area contributed by atoms with Gasteiger partial charge in [-0.05, 0) is 25.0 Å². The Labute approximate surface area is 105 Å². The van der Waals surface area contributed by atoms with Crippen LogP contribution in [0.3, 0.4) is 0 Å². The summed E-state index contributed by atoms with van der Waals surface area (Å²) in [7, 11) is 0. The summed E-state index contributed by atoms with van der Waals surface area (Å²) in [4.78, 5) is 26.9. The van der Waals surface area contributed by atoms with Crippen molar-refractivity contribution in [3.05, 3.63) is 36.7 Å². The normalized spacial score (nSPS) is 22.4. The molecule has 2 atom stereocenters. The van der Waals surface area contributed by atoms with Crippen LogP contribution in [0.1, 0.15) is 12.8 Å². The van der Waals surface area contributed by atoms with Gasteiger partial charge in [-0.25, -0.2) is 0 Å². The maximum Gasteiger partial charge on any atom is 0.228 e. The number of nitrogens with one attached hydrogen (secondary N) is 1. The Morgan fingerprint density at radius 3 is 2.61 bits per heavy atom. The summed E-state index contributed by atoms with van der Waals surface area (Å²) in [6.45, 7) is 0. The van der Waals surface area contributed by atoms with Crippen LogP contribution in [0.4, 0.5) is 5.69 Å². The Morgan fingerprint density at radius 1 is 1.28 bits per heavy atom. The highest BCUT2D eigenvalue weighted by atomic mass is 16.4. The Morgan fingerprint density at radius 2 is 2.00 bits per heavy atom. The van der Waals surface area contributed by atoms with Crippen LogP contribution in [0.25, 0.3) is 0 Å². The highest BCUT2D eigenvalue weighted by molar-refractivity contribution is 5.95. The highest BCUT2D eigenvalue weighted by Crippen LogP contribution is 2.26. The van der Waals surface area contributed by atoms with Crippen LogP contribution in [0.5, 0.6) is 0 Å². The molecular weight excluding hydrogens is 232 g/mol. The molecule has 0 fully saturated rings. The van der Waals surface area contributed by atoms with Gasteiger partial charge >= 0.3 is 0 Å². The molecule has 0 saturated heterocycles. The zero-order valence-corrected chi connectivity index (χ0v) is 9.70. The minimum atomic E-state index is -1.18. The number of allylic oxidation sites excluding steroid dienone is 2. The Kier molecular flexibility index (Phi) is 3.72. The average Bonchev–Trinajstić information content (AvgIpc) is 2.40. The number of aliphatic carboxylic acids is 1. The smallest absolute Gasteiger partial charge is 0.228 e. The molecule has 0 radical (unpaired) electrons. The number of hydrogen-bond acceptors (Lipinski definition) is 4. The van der Waals surface area contributed by atoms with Crippen molar-refractivity contribution >= 4 is 17.6 Å². The maximum atomic E-state index is 12.0. The highest BCUT2D eigenvalue weighted by Gasteiger charge is 2.29. The van der Waals surface area contributed by atoms with E-state index in [1.165, 1.54) is 6.20 Å². The molecule has 1 aromatic rings. The number of carbonyl (C=O) groups excluding carboxylic acids is 2. The van der Waals surface area contributed by atoms with Gasteiger partial charge in [0.1, 0.15) is 0 Å². The second-order valence-electron chi connectivity index (χ2n) is 4.21. The molecule has 0 spiro atoms. The van der Waals surface area contributed by atoms with E-state index in [0.717, 1.165) is 0 Å². The topological polar surface area (TPSA) is 82.1 Å². The number of anilines is 1. The zero-order chi connectivity index (χ0) is 13.0. The molecule has 1 aliphatic carbocycles. The Bertz CT molecular complexity index is 470. The minimum absolute atomic E-state index is 0.304. The third-order valence-corrected chi connectivity index (χ3v) is 3.00. The summed E-state index contributed by atoms with van der Waals surface area (Å²) < 4.78 is 0. The Hall–Kier alpha value is -2.17. The first kappa shape index (κ1) is 12.3. The van der Waals surface area contributed by atoms with Crippen LogP contribution in [0.15, 0.2) is 36.7 Å². The van der Waals surface area contributed by atoms with E-state index in [9.17, 15) is 14.7 Å². The van der Waals surface area contributed by atoms with Crippen molar-refractivity contribution in [2.75, 3.05) is 5.32 Å². The van der Waals surface area contributed by atoms with Gasteiger partial charge in [0.15, 0.2) is 0 Å². The molecule has 5 heteroatoms. The first-order valence-corrected chi connectivity index (χ1v) is 5.75. The molecule has 0 aromatic carbocycles.